The third-order valence-electron chi connectivity index (χ3n) is 4.07. The predicted octanol–water partition coefficient (Wildman–Crippen LogP) is 4.51. The Hall–Kier alpha value is -1.02. The molecule has 1 N–H and O–H groups in total. The minimum atomic E-state index is 0.348. The Labute approximate surface area is 106 Å². The second-order valence-corrected chi connectivity index (χ2v) is 6.10. The number of aromatic amines is 1. The van der Waals surface area contributed by atoms with Crippen LogP contribution in [0.15, 0.2) is 18.2 Å². The van der Waals surface area contributed by atoms with Gasteiger partial charge in [-0.3, -0.25) is 0 Å². The van der Waals surface area contributed by atoms with Gasteiger partial charge in [0.1, 0.15) is 11.3 Å². The monoisotopic (exact) mass is 248 g/mol. The van der Waals surface area contributed by atoms with E-state index in [0.29, 0.717) is 11.3 Å². The van der Waals surface area contributed by atoms with Crippen LogP contribution in [0.25, 0.3) is 11.0 Å². The highest BCUT2D eigenvalue weighted by Crippen LogP contribution is 2.48. The smallest absolute Gasteiger partial charge is 0.110 e. The van der Waals surface area contributed by atoms with Crippen molar-refractivity contribution in [2.75, 3.05) is 0 Å². The normalized spacial score (nSPS) is 23.4. The van der Waals surface area contributed by atoms with Gasteiger partial charge in [-0.05, 0) is 30.4 Å². The Morgan fingerprint density at radius 3 is 2.88 bits per heavy atom. The Morgan fingerprint density at radius 2 is 2.24 bits per heavy atom. The highest BCUT2D eigenvalue weighted by molar-refractivity contribution is 6.34. The summed E-state index contributed by atoms with van der Waals surface area (Å²) in [6, 6.07) is 5.90. The second kappa shape index (κ2) is 3.74. The maximum absolute atomic E-state index is 6.17. The summed E-state index contributed by atoms with van der Waals surface area (Å²) in [4.78, 5) is 8.14. The lowest BCUT2D eigenvalue weighted by molar-refractivity contribution is 0.324. The number of nitrogens with one attached hydrogen (secondary N) is 1. The van der Waals surface area contributed by atoms with E-state index in [4.69, 9.17) is 16.6 Å². The Bertz CT molecular complexity index is 556. The molecule has 1 aromatic heterocycles. The average Bonchev–Trinajstić information content (AvgIpc) is 2.81. The lowest BCUT2D eigenvalue weighted by Gasteiger charge is -2.24. The maximum atomic E-state index is 6.17. The Morgan fingerprint density at radius 1 is 1.41 bits per heavy atom. The first-order valence-corrected chi connectivity index (χ1v) is 6.60. The van der Waals surface area contributed by atoms with Gasteiger partial charge in [-0.1, -0.05) is 37.9 Å². The summed E-state index contributed by atoms with van der Waals surface area (Å²) >= 11 is 6.17. The molecule has 3 heteroatoms. The van der Waals surface area contributed by atoms with E-state index in [1.165, 1.54) is 19.3 Å². The quantitative estimate of drug-likeness (QED) is 0.790. The summed E-state index contributed by atoms with van der Waals surface area (Å²) in [5.41, 5.74) is 2.31. The lowest BCUT2D eigenvalue weighted by Crippen LogP contribution is -2.16. The molecule has 90 valence electrons. The highest BCUT2D eigenvalue weighted by atomic mass is 35.5. The zero-order valence-electron chi connectivity index (χ0n) is 10.3. The fraction of sp³-hybridized carbons (Fsp3) is 0.500. The number of para-hydroxylation sites is 1. The van der Waals surface area contributed by atoms with Gasteiger partial charge in [0.2, 0.25) is 0 Å². The molecular weight excluding hydrogens is 232 g/mol. The van der Waals surface area contributed by atoms with Crippen molar-refractivity contribution in [3.8, 4) is 0 Å². The minimum Gasteiger partial charge on any atom is -0.342 e. The van der Waals surface area contributed by atoms with Crippen LogP contribution in [0.3, 0.4) is 0 Å². The van der Waals surface area contributed by atoms with Crippen LogP contribution in [-0.2, 0) is 0 Å². The number of hydrogen-bond donors (Lipinski definition) is 1. The van der Waals surface area contributed by atoms with Gasteiger partial charge in [-0.25, -0.2) is 4.98 Å². The zero-order valence-corrected chi connectivity index (χ0v) is 11.0. The molecule has 1 fully saturated rings. The van der Waals surface area contributed by atoms with Gasteiger partial charge in [-0.15, -0.1) is 0 Å². The van der Waals surface area contributed by atoms with Crippen LogP contribution in [0.5, 0.6) is 0 Å². The average molecular weight is 249 g/mol. The SMILES string of the molecule is CC1(C)CCCC1c1nc2c(Cl)cccc2[nH]1. The minimum absolute atomic E-state index is 0.348. The van der Waals surface area contributed by atoms with Crippen molar-refractivity contribution < 1.29 is 0 Å². The van der Waals surface area contributed by atoms with E-state index in [1.807, 2.05) is 18.2 Å². The molecule has 1 unspecified atom stereocenters. The van der Waals surface area contributed by atoms with Gasteiger partial charge in [0.25, 0.3) is 0 Å². The zero-order chi connectivity index (χ0) is 12.0. The molecule has 3 rings (SSSR count). The highest BCUT2D eigenvalue weighted by Gasteiger charge is 2.37. The van der Waals surface area contributed by atoms with Crippen molar-refractivity contribution in [1.82, 2.24) is 9.97 Å². The van der Waals surface area contributed by atoms with Crippen LogP contribution in [0.2, 0.25) is 5.02 Å². The predicted molar refractivity (Wildman–Crippen MR) is 71.5 cm³/mol. The first-order valence-electron chi connectivity index (χ1n) is 6.22. The van der Waals surface area contributed by atoms with Crippen LogP contribution in [0, 0.1) is 5.41 Å². The molecule has 1 aliphatic rings. The molecule has 17 heavy (non-hydrogen) atoms. The van der Waals surface area contributed by atoms with Gasteiger partial charge in [-0.2, -0.15) is 0 Å². The van der Waals surface area contributed by atoms with E-state index in [1.54, 1.807) is 0 Å². The molecule has 1 saturated carbocycles. The van der Waals surface area contributed by atoms with Gasteiger partial charge in [0.15, 0.2) is 0 Å². The molecular formula is C14H17ClN2. The topological polar surface area (TPSA) is 28.7 Å². The summed E-state index contributed by atoms with van der Waals surface area (Å²) in [6.07, 6.45) is 3.80. The van der Waals surface area contributed by atoms with E-state index >= 15 is 0 Å². The van der Waals surface area contributed by atoms with Crippen molar-refractivity contribution in [1.29, 1.82) is 0 Å². The number of H-pyrrole nitrogens is 1. The Kier molecular flexibility index (Phi) is 2.44. The number of nitrogens with zero attached hydrogens (tertiary/aromatic N) is 1. The fourth-order valence-corrected chi connectivity index (χ4v) is 3.23. The van der Waals surface area contributed by atoms with Crippen molar-refractivity contribution in [2.45, 2.75) is 39.0 Å². The molecule has 1 aliphatic carbocycles. The first-order chi connectivity index (χ1) is 8.08. The first kappa shape index (κ1) is 11.1. The molecule has 0 bridgehead atoms. The van der Waals surface area contributed by atoms with Crippen molar-refractivity contribution >= 4 is 22.6 Å². The molecule has 0 spiro atoms. The van der Waals surface area contributed by atoms with E-state index < -0.39 is 0 Å². The molecule has 2 nitrogen and oxygen atoms in total. The summed E-state index contributed by atoms with van der Waals surface area (Å²) in [5, 5.41) is 0.737. The van der Waals surface area contributed by atoms with Gasteiger partial charge >= 0.3 is 0 Å². The fourth-order valence-electron chi connectivity index (χ4n) is 3.01. The lowest BCUT2D eigenvalue weighted by atomic mass is 9.81. The molecule has 1 atom stereocenters. The van der Waals surface area contributed by atoms with Crippen LogP contribution >= 0.6 is 11.6 Å². The van der Waals surface area contributed by atoms with E-state index in [0.717, 1.165) is 21.9 Å². The summed E-state index contributed by atoms with van der Waals surface area (Å²) < 4.78 is 0. The van der Waals surface area contributed by atoms with Gasteiger partial charge < -0.3 is 4.98 Å². The molecule has 0 amide bonds. The number of aromatic nitrogens is 2. The Balaban J connectivity index is 2.10. The number of fused-ring (bicyclic) bond motifs is 1. The van der Waals surface area contributed by atoms with Crippen LogP contribution in [0.1, 0.15) is 44.9 Å². The van der Waals surface area contributed by atoms with E-state index in [2.05, 4.69) is 18.8 Å². The number of halogens is 1. The van der Waals surface area contributed by atoms with Gasteiger partial charge in [0, 0.05) is 5.92 Å². The molecule has 0 saturated heterocycles. The number of benzene rings is 1. The molecule has 0 aliphatic heterocycles. The van der Waals surface area contributed by atoms with Crippen LogP contribution in [0.4, 0.5) is 0 Å². The van der Waals surface area contributed by atoms with Crippen LogP contribution in [-0.4, -0.2) is 9.97 Å². The number of rotatable bonds is 1. The largest absolute Gasteiger partial charge is 0.342 e. The molecule has 1 heterocycles. The van der Waals surface area contributed by atoms with Crippen molar-refractivity contribution in [3.05, 3.63) is 29.0 Å². The number of imidazole rings is 1. The third kappa shape index (κ3) is 1.75. The van der Waals surface area contributed by atoms with Crippen molar-refractivity contribution in [3.63, 3.8) is 0 Å². The maximum Gasteiger partial charge on any atom is 0.110 e. The summed E-state index contributed by atoms with van der Waals surface area (Å²) in [5.74, 6) is 1.64. The van der Waals surface area contributed by atoms with Crippen molar-refractivity contribution in [2.24, 2.45) is 5.41 Å². The molecule has 0 radical (unpaired) electrons. The van der Waals surface area contributed by atoms with E-state index in [-0.39, 0.29) is 0 Å². The van der Waals surface area contributed by atoms with E-state index in [9.17, 15) is 0 Å². The molecule has 2 aromatic rings. The van der Waals surface area contributed by atoms with Gasteiger partial charge in [0.05, 0.1) is 10.5 Å². The third-order valence-corrected chi connectivity index (χ3v) is 4.37. The second-order valence-electron chi connectivity index (χ2n) is 5.69. The summed E-state index contributed by atoms with van der Waals surface area (Å²) in [7, 11) is 0. The molecule has 1 aromatic carbocycles. The number of hydrogen-bond acceptors (Lipinski definition) is 1. The van der Waals surface area contributed by atoms with Crippen LogP contribution < -0.4 is 0 Å². The summed E-state index contributed by atoms with van der Waals surface area (Å²) in [6.45, 7) is 4.67. The standard InChI is InChI=1S/C14H17ClN2/c1-14(2)8-4-5-9(14)13-16-11-7-3-6-10(15)12(11)17-13/h3,6-7,9H,4-5,8H2,1-2H3,(H,16,17).